The Kier molecular flexibility index (Phi) is 4.79. The van der Waals surface area contributed by atoms with Crippen molar-refractivity contribution < 1.29 is 4.79 Å². The summed E-state index contributed by atoms with van der Waals surface area (Å²) < 4.78 is 0. The smallest absolute Gasteiger partial charge is 0.246 e. The van der Waals surface area contributed by atoms with Gasteiger partial charge in [0.25, 0.3) is 0 Å². The number of benzene rings is 1. The predicted molar refractivity (Wildman–Crippen MR) is 84.2 cm³/mol. The molecule has 1 aromatic carbocycles. The van der Waals surface area contributed by atoms with E-state index in [9.17, 15) is 4.79 Å². The van der Waals surface area contributed by atoms with Gasteiger partial charge in [0.05, 0.1) is 0 Å². The maximum absolute atomic E-state index is 12.0. The number of hydrogen-bond acceptors (Lipinski definition) is 3. The highest BCUT2D eigenvalue weighted by molar-refractivity contribution is 6.03. The van der Waals surface area contributed by atoms with Crippen LogP contribution in [0.25, 0.3) is 0 Å². The van der Waals surface area contributed by atoms with Gasteiger partial charge in [0.1, 0.15) is 6.04 Å². The molecular weight excluding hydrogens is 250 g/mol. The SMILES string of the molecule is C=CCN(CC)c1ccc2c(c1)NC(=O)C2NCCC. The number of hydrogen-bond donors (Lipinski definition) is 2. The zero-order valence-electron chi connectivity index (χ0n) is 12.3. The molecule has 2 N–H and O–H groups in total. The van der Waals surface area contributed by atoms with Gasteiger partial charge < -0.3 is 15.5 Å². The minimum Gasteiger partial charge on any atom is -0.368 e. The zero-order valence-corrected chi connectivity index (χ0v) is 12.3. The van der Waals surface area contributed by atoms with Gasteiger partial charge in [-0.3, -0.25) is 4.79 Å². The maximum Gasteiger partial charge on any atom is 0.246 e. The van der Waals surface area contributed by atoms with E-state index in [2.05, 4.69) is 42.0 Å². The average molecular weight is 273 g/mol. The molecule has 108 valence electrons. The highest BCUT2D eigenvalue weighted by Gasteiger charge is 2.30. The van der Waals surface area contributed by atoms with Crippen LogP contribution >= 0.6 is 0 Å². The number of amides is 1. The van der Waals surface area contributed by atoms with Crippen molar-refractivity contribution in [1.29, 1.82) is 0 Å². The topological polar surface area (TPSA) is 44.4 Å². The summed E-state index contributed by atoms with van der Waals surface area (Å²) >= 11 is 0. The van der Waals surface area contributed by atoms with Crippen LogP contribution in [0.5, 0.6) is 0 Å². The molecule has 0 fully saturated rings. The van der Waals surface area contributed by atoms with Gasteiger partial charge in [-0.05, 0) is 32.0 Å². The molecule has 1 aromatic rings. The molecule has 4 nitrogen and oxygen atoms in total. The standard InChI is InChI=1S/C16H23N3O/c1-4-9-17-15-13-8-7-12(19(6-3)10-5-2)11-14(13)18-16(15)20/h5,7-8,11,15,17H,2,4,6,9-10H2,1,3H3,(H,18,20). The van der Waals surface area contributed by atoms with E-state index in [-0.39, 0.29) is 11.9 Å². The molecule has 0 bridgehead atoms. The molecule has 1 atom stereocenters. The second kappa shape index (κ2) is 6.57. The van der Waals surface area contributed by atoms with Crippen molar-refractivity contribution in [2.24, 2.45) is 0 Å². The number of anilines is 2. The first-order valence-corrected chi connectivity index (χ1v) is 7.25. The van der Waals surface area contributed by atoms with Crippen LogP contribution in [-0.4, -0.2) is 25.5 Å². The fraction of sp³-hybridized carbons (Fsp3) is 0.438. The van der Waals surface area contributed by atoms with Gasteiger partial charge in [0.2, 0.25) is 5.91 Å². The number of nitrogens with zero attached hydrogens (tertiary/aromatic N) is 1. The van der Waals surface area contributed by atoms with Crippen LogP contribution in [0, 0.1) is 0 Å². The molecule has 0 saturated heterocycles. The summed E-state index contributed by atoms with van der Waals surface area (Å²) in [5.74, 6) is 0.0392. The van der Waals surface area contributed by atoms with E-state index >= 15 is 0 Å². The molecule has 4 heteroatoms. The summed E-state index contributed by atoms with van der Waals surface area (Å²) in [5, 5.41) is 6.25. The van der Waals surface area contributed by atoms with Crippen molar-refractivity contribution in [3.8, 4) is 0 Å². The van der Waals surface area contributed by atoms with E-state index in [0.29, 0.717) is 0 Å². The average Bonchev–Trinajstić information content (AvgIpc) is 2.77. The van der Waals surface area contributed by atoms with Crippen molar-refractivity contribution in [3.05, 3.63) is 36.4 Å². The van der Waals surface area contributed by atoms with E-state index in [4.69, 9.17) is 0 Å². The first-order chi connectivity index (χ1) is 9.71. The minimum atomic E-state index is -0.214. The first-order valence-electron chi connectivity index (χ1n) is 7.25. The van der Waals surface area contributed by atoms with Crippen LogP contribution in [0.2, 0.25) is 0 Å². The van der Waals surface area contributed by atoms with Crippen molar-refractivity contribution in [3.63, 3.8) is 0 Å². The Bertz CT molecular complexity index is 498. The second-order valence-corrected chi connectivity index (χ2v) is 4.98. The molecule has 0 saturated carbocycles. The van der Waals surface area contributed by atoms with E-state index in [0.717, 1.165) is 43.0 Å². The largest absolute Gasteiger partial charge is 0.368 e. The van der Waals surface area contributed by atoms with E-state index < -0.39 is 0 Å². The molecule has 0 aromatic heterocycles. The van der Waals surface area contributed by atoms with Crippen molar-refractivity contribution >= 4 is 17.3 Å². The first kappa shape index (κ1) is 14.6. The highest BCUT2D eigenvalue weighted by Crippen LogP contribution is 2.34. The van der Waals surface area contributed by atoms with Crippen molar-refractivity contribution in [1.82, 2.24) is 5.32 Å². The van der Waals surface area contributed by atoms with Gasteiger partial charge in [0, 0.05) is 30.0 Å². The summed E-state index contributed by atoms with van der Waals surface area (Å²) in [6.45, 7) is 10.6. The molecule has 1 amide bonds. The highest BCUT2D eigenvalue weighted by atomic mass is 16.2. The Morgan fingerprint density at radius 2 is 2.25 bits per heavy atom. The molecule has 2 rings (SSSR count). The van der Waals surface area contributed by atoms with Crippen LogP contribution in [0.1, 0.15) is 31.9 Å². The third-order valence-corrected chi connectivity index (χ3v) is 3.56. The fourth-order valence-corrected chi connectivity index (χ4v) is 2.51. The lowest BCUT2D eigenvalue weighted by Gasteiger charge is -2.22. The van der Waals surface area contributed by atoms with Gasteiger partial charge in [0.15, 0.2) is 0 Å². The number of rotatable bonds is 7. The van der Waals surface area contributed by atoms with Crippen LogP contribution in [0.3, 0.4) is 0 Å². The maximum atomic E-state index is 12.0. The molecular formula is C16H23N3O. The predicted octanol–water partition coefficient (Wildman–Crippen LogP) is 2.69. The zero-order chi connectivity index (χ0) is 14.5. The Labute approximate surface area is 120 Å². The lowest BCUT2D eigenvalue weighted by atomic mass is 10.1. The number of carbonyl (C=O) groups is 1. The lowest BCUT2D eigenvalue weighted by molar-refractivity contribution is -0.117. The molecule has 1 aliphatic heterocycles. The number of likely N-dealkylation sites (N-methyl/N-ethyl adjacent to an activating group) is 1. The molecule has 1 aliphatic rings. The summed E-state index contributed by atoms with van der Waals surface area (Å²) in [6.07, 6.45) is 2.90. The summed E-state index contributed by atoms with van der Waals surface area (Å²) in [6, 6.07) is 5.95. The fourth-order valence-electron chi connectivity index (χ4n) is 2.51. The van der Waals surface area contributed by atoms with Crippen molar-refractivity contribution in [2.75, 3.05) is 29.9 Å². The van der Waals surface area contributed by atoms with Gasteiger partial charge in [-0.2, -0.15) is 0 Å². The van der Waals surface area contributed by atoms with Crippen molar-refractivity contribution in [2.45, 2.75) is 26.3 Å². The van der Waals surface area contributed by atoms with Gasteiger partial charge >= 0.3 is 0 Å². The lowest BCUT2D eigenvalue weighted by Crippen LogP contribution is -2.27. The molecule has 20 heavy (non-hydrogen) atoms. The molecule has 0 spiro atoms. The number of fused-ring (bicyclic) bond motifs is 1. The molecule has 1 unspecified atom stereocenters. The minimum absolute atomic E-state index is 0.0392. The monoisotopic (exact) mass is 273 g/mol. The second-order valence-electron chi connectivity index (χ2n) is 4.98. The Hall–Kier alpha value is -1.81. The normalized spacial score (nSPS) is 16.7. The summed E-state index contributed by atoms with van der Waals surface area (Å²) in [7, 11) is 0. The van der Waals surface area contributed by atoms with Gasteiger partial charge in [-0.25, -0.2) is 0 Å². The quantitative estimate of drug-likeness (QED) is 0.751. The Balaban J connectivity index is 2.23. The molecule has 0 aliphatic carbocycles. The number of carbonyl (C=O) groups excluding carboxylic acids is 1. The Morgan fingerprint density at radius 3 is 2.90 bits per heavy atom. The van der Waals surface area contributed by atoms with Crippen LogP contribution in [-0.2, 0) is 4.79 Å². The third kappa shape index (κ3) is 2.85. The summed E-state index contributed by atoms with van der Waals surface area (Å²) in [5.41, 5.74) is 3.08. The van der Waals surface area contributed by atoms with Crippen LogP contribution < -0.4 is 15.5 Å². The molecule has 1 heterocycles. The van der Waals surface area contributed by atoms with Gasteiger partial charge in [-0.15, -0.1) is 6.58 Å². The van der Waals surface area contributed by atoms with Crippen LogP contribution in [0.15, 0.2) is 30.9 Å². The molecule has 0 radical (unpaired) electrons. The van der Waals surface area contributed by atoms with E-state index in [1.54, 1.807) is 0 Å². The summed E-state index contributed by atoms with van der Waals surface area (Å²) in [4.78, 5) is 14.2. The Morgan fingerprint density at radius 1 is 1.45 bits per heavy atom. The number of nitrogens with one attached hydrogen (secondary N) is 2. The van der Waals surface area contributed by atoms with Crippen LogP contribution in [0.4, 0.5) is 11.4 Å². The third-order valence-electron chi connectivity index (χ3n) is 3.56. The van der Waals surface area contributed by atoms with Gasteiger partial charge in [-0.1, -0.05) is 19.1 Å². The van der Waals surface area contributed by atoms with E-state index in [1.165, 1.54) is 0 Å². The van der Waals surface area contributed by atoms with E-state index in [1.807, 2.05) is 18.2 Å².